The number of alkyl halides is 3. The predicted molar refractivity (Wildman–Crippen MR) is 57.8 cm³/mol. The van der Waals surface area contributed by atoms with E-state index in [4.69, 9.17) is 0 Å². The molecule has 2 nitrogen and oxygen atoms in total. The van der Waals surface area contributed by atoms with Crippen LogP contribution in [0.5, 0.6) is 0 Å². The number of Topliss-reactive ketones (excluding diaryl/α,β-unsaturated/α-hetero) is 1. The van der Waals surface area contributed by atoms with Gasteiger partial charge in [0.05, 0.1) is 8.66 Å². The van der Waals surface area contributed by atoms with Crippen molar-refractivity contribution in [3.8, 4) is 0 Å². The van der Waals surface area contributed by atoms with Crippen molar-refractivity contribution < 1.29 is 22.7 Å². The minimum atomic E-state index is -4.43. The highest BCUT2D eigenvalue weighted by Gasteiger charge is 2.37. The predicted octanol–water partition coefficient (Wildman–Crippen LogP) is 3.66. The van der Waals surface area contributed by atoms with Crippen LogP contribution >= 0.6 is 27.3 Å². The number of thiophene rings is 1. The van der Waals surface area contributed by atoms with Gasteiger partial charge in [0.25, 0.3) is 0 Å². The molecule has 0 fully saturated rings. The Morgan fingerprint density at radius 1 is 1.56 bits per heavy atom. The fourth-order valence-corrected chi connectivity index (χ4v) is 2.14. The first-order chi connectivity index (χ1) is 7.30. The molecular formula is C9H8BrF3O2S. The van der Waals surface area contributed by atoms with E-state index in [0.29, 0.717) is 4.88 Å². The monoisotopic (exact) mass is 316 g/mol. The quantitative estimate of drug-likeness (QED) is 0.792. The zero-order valence-electron chi connectivity index (χ0n) is 8.18. The van der Waals surface area contributed by atoms with Gasteiger partial charge in [0.15, 0.2) is 11.9 Å². The van der Waals surface area contributed by atoms with Crippen LogP contribution in [0.3, 0.4) is 0 Å². The summed E-state index contributed by atoms with van der Waals surface area (Å²) in [6.45, 7) is 0.311. The highest BCUT2D eigenvalue weighted by molar-refractivity contribution is 9.11. The van der Waals surface area contributed by atoms with Crippen molar-refractivity contribution in [2.45, 2.75) is 19.2 Å². The molecule has 1 unspecified atom stereocenters. The van der Waals surface area contributed by atoms with E-state index in [1.54, 1.807) is 12.1 Å². The lowest BCUT2D eigenvalue weighted by Crippen LogP contribution is -2.30. The first-order valence-corrected chi connectivity index (χ1v) is 5.88. The molecule has 0 amide bonds. The smallest absolute Gasteiger partial charge is 0.361 e. The van der Waals surface area contributed by atoms with Crippen LogP contribution in [0.4, 0.5) is 13.2 Å². The number of ether oxygens (including phenoxy) is 1. The summed E-state index contributed by atoms with van der Waals surface area (Å²) < 4.78 is 41.4. The Labute approximate surface area is 103 Å². The zero-order valence-corrected chi connectivity index (χ0v) is 10.6. The highest BCUT2D eigenvalue weighted by atomic mass is 79.9. The van der Waals surface area contributed by atoms with Crippen molar-refractivity contribution in [3.63, 3.8) is 0 Å². The molecule has 0 aliphatic heterocycles. The van der Waals surface area contributed by atoms with Crippen LogP contribution < -0.4 is 0 Å². The van der Waals surface area contributed by atoms with E-state index in [0.717, 1.165) is 22.0 Å². The molecule has 0 bridgehead atoms. The molecule has 0 saturated carbocycles. The minimum absolute atomic E-state index is 0.376. The van der Waals surface area contributed by atoms with Crippen LogP contribution in [-0.2, 0) is 4.74 Å². The maximum absolute atomic E-state index is 12.1. The molecule has 0 saturated heterocycles. The minimum Gasteiger partial charge on any atom is -0.361 e. The lowest BCUT2D eigenvalue weighted by molar-refractivity contribution is -0.210. The summed E-state index contributed by atoms with van der Waals surface area (Å²) in [5.41, 5.74) is 0. The molecule has 0 N–H and O–H groups in total. The van der Waals surface area contributed by atoms with Crippen LogP contribution in [0.1, 0.15) is 16.6 Å². The van der Waals surface area contributed by atoms with Gasteiger partial charge in [0.1, 0.15) is 6.61 Å². The SMILES string of the molecule is CC(OCC(=O)c1ccc(Br)s1)C(F)(F)F. The number of carbonyl (C=O) groups excluding carboxylic acids is 1. The maximum atomic E-state index is 12.1. The summed E-state index contributed by atoms with van der Waals surface area (Å²) >= 11 is 4.32. The molecule has 1 heterocycles. The third-order valence-corrected chi connectivity index (χ3v) is 3.44. The summed E-state index contributed by atoms with van der Waals surface area (Å²) in [4.78, 5) is 11.8. The standard InChI is InChI=1S/C9H8BrF3O2S/c1-5(9(11,12)13)15-4-6(14)7-2-3-8(10)16-7/h2-3,5H,4H2,1H3. The molecule has 0 spiro atoms. The summed E-state index contributed by atoms with van der Waals surface area (Å²) in [5, 5.41) is 0. The second-order valence-electron chi connectivity index (χ2n) is 3.02. The highest BCUT2D eigenvalue weighted by Crippen LogP contribution is 2.24. The Kier molecular flexibility index (Phi) is 4.52. The fraction of sp³-hybridized carbons (Fsp3) is 0.444. The van der Waals surface area contributed by atoms with E-state index in [9.17, 15) is 18.0 Å². The number of rotatable bonds is 4. The molecule has 16 heavy (non-hydrogen) atoms. The van der Waals surface area contributed by atoms with E-state index in [2.05, 4.69) is 20.7 Å². The van der Waals surface area contributed by atoms with Gasteiger partial charge in [-0.3, -0.25) is 4.79 Å². The summed E-state index contributed by atoms with van der Waals surface area (Å²) in [6, 6.07) is 3.20. The van der Waals surface area contributed by atoms with Crippen molar-refractivity contribution in [2.75, 3.05) is 6.61 Å². The van der Waals surface area contributed by atoms with Gasteiger partial charge in [-0.15, -0.1) is 11.3 Å². The first-order valence-electron chi connectivity index (χ1n) is 4.27. The van der Waals surface area contributed by atoms with Gasteiger partial charge >= 0.3 is 6.18 Å². The first kappa shape index (κ1) is 13.7. The van der Waals surface area contributed by atoms with Crippen molar-refractivity contribution >= 4 is 33.0 Å². The van der Waals surface area contributed by atoms with Crippen LogP contribution in [0.25, 0.3) is 0 Å². The molecule has 1 rings (SSSR count). The molecule has 1 aromatic heterocycles. The van der Waals surface area contributed by atoms with Crippen LogP contribution in [0.2, 0.25) is 0 Å². The van der Waals surface area contributed by atoms with Gasteiger partial charge in [-0.1, -0.05) is 0 Å². The van der Waals surface area contributed by atoms with Crippen molar-refractivity contribution in [1.29, 1.82) is 0 Å². The van der Waals surface area contributed by atoms with Crippen molar-refractivity contribution in [2.24, 2.45) is 0 Å². The fourth-order valence-electron chi connectivity index (χ4n) is 0.830. The average Bonchev–Trinajstić information content (AvgIpc) is 2.59. The van der Waals surface area contributed by atoms with E-state index in [1.165, 1.54) is 0 Å². The molecule has 1 atom stereocenters. The average molecular weight is 317 g/mol. The zero-order chi connectivity index (χ0) is 12.3. The second kappa shape index (κ2) is 5.29. The van der Waals surface area contributed by atoms with Gasteiger partial charge in [0.2, 0.25) is 0 Å². The molecule has 0 radical (unpaired) electrons. The van der Waals surface area contributed by atoms with Gasteiger partial charge in [-0.25, -0.2) is 0 Å². The third kappa shape index (κ3) is 3.88. The largest absolute Gasteiger partial charge is 0.414 e. The molecule has 0 aromatic carbocycles. The van der Waals surface area contributed by atoms with E-state index in [-0.39, 0.29) is 0 Å². The molecule has 90 valence electrons. The summed E-state index contributed by atoms with van der Waals surface area (Å²) in [7, 11) is 0. The van der Waals surface area contributed by atoms with E-state index in [1.807, 2.05) is 0 Å². The normalized spacial score (nSPS) is 13.8. The number of ketones is 1. The Hall–Kier alpha value is -0.400. The lowest BCUT2D eigenvalue weighted by atomic mass is 10.3. The number of halogens is 4. The lowest BCUT2D eigenvalue weighted by Gasteiger charge is -2.15. The van der Waals surface area contributed by atoms with Crippen molar-refractivity contribution in [1.82, 2.24) is 0 Å². The van der Waals surface area contributed by atoms with Crippen LogP contribution in [0.15, 0.2) is 15.9 Å². The summed E-state index contributed by atoms with van der Waals surface area (Å²) in [6.07, 6.45) is -6.36. The Morgan fingerprint density at radius 2 is 2.19 bits per heavy atom. The molecule has 1 aromatic rings. The molecule has 0 aliphatic rings. The Bertz CT molecular complexity index is 375. The van der Waals surface area contributed by atoms with Crippen LogP contribution in [-0.4, -0.2) is 24.7 Å². The Morgan fingerprint density at radius 3 is 2.62 bits per heavy atom. The van der Waals surface area contributed by atoms with Gasteiger partial charge in [0, 0.05) is 0 Å². The molecule has 0 aliphatic carbocycles. The van der Waals surface area contributed by atoms with Gasteiger partial charge < -0.3 is 4.74 Å². The van der Waals surface area contributed by atoms with Crippen molar-refractivity contribution in [3.05, 3.63) is 20.8 Å². The Balaban J connectivity index is 2.48. The number of hydrogen-bond donors (Lipinski definition) is 0. The van der Waals surface area contributed by atoms with E-state index < -0.39 is 24.7 Å². The number of carbonyl (C=O) groups is 1. The van der Waals surface area contributed by atoms with Gasteiger partial charge in [-0.2, -0.15) is 13.2 Å². The molecular weight excluding hydrogens is 309 g/mol. The van der Waals surface area contributed by atoms with Crippen LogP contribution in [0, 0.1) is 0 Å². The molecule has 7 heteroatoms. The topological polar surface area (TPSA) is 26.3 Å². The second-order valence-corrected chi connectivity index (χ2v) is 5.48. The third-order valence-electron chi connectivity index (χ3n) is 1.77. The maximum Gasteiger partial charge on any atom is 0.414 e. The summed E-state index contributed by atoms with van der Waals surface area (Å²) in [5.74, 6) is -0.452. The number of hydrogen-bond acceptors (Lipinski definition) is 3. The van der Waals surface area contributed by atoms with E-state index >= 15 is 0 Å². The van der Waals surface area contributed by atoms with Gasteiger partial charge in [-0.05, 0) is 35.0 Å².